The van der Waals surface area contributed by atoms with Gasteiger partial charge in [0.1, 0.15) is 0 Å². The van der Waals surface area contributed by atoms with Gasteiger partial charge in [-0.25, -0.2) is 4.98 Å². The van der Waals surface area contributed by atoms with Gasteiger partial charge in [0, 0.05) is 5.38 Å². The first-order valence-corrected chi connectivity index (χ1v) is 6.24. The summed E-state index contributed by atoms with van der Waals surface area (Å²) in [5, 5.41) is 13.3. The predicted octanol–water partition coefficient (Wildman–Crippen LogP) is 2.62. The molecule has 0 unspecified atom stereocenters. The number of aliphatic hydroxyl groups is 1. The van der Waals surface area contributed by atoms with E-state index in [0.29, 0.717) is 0 Å². The van der Waals surface area contributed by atoms with Gasteiger partial charge in [-0.3, -0.25) is 4.40 Å². The minimum atomic E-state index is 0.0241. The Morgan fingerprint density at radius 2 is 2.33 bits per heavy atom. The molecular weight excluding hydrogens is 228 g/mol. The number of thiophene rings is 1. The molecule has 3 aromatic heterocycles. The summed E-state index contributed by atoms with van der Waals surface area (Å²) in [5.74, 6) is 0. The molecule has 0 aliphatic heterocycles. The quantitative estimate of drug-likeness (QED) is 0.742. The normalized spacial score (nSPS) is 11.3. The van der Waals surface area contributed by atoms with Gasteiger partial charge in [0.05, 0.1) is 29.1 Å². The molecule has 76 valence electrons. The van der Waals surface area contributed by atoms with Crippen molar-refractivity contribution >= 4 is 27.6 Å². The fourth-order valence-corrected chi connectivity index (χ4v) is 3.26. The van der Waals surface area contributed by atoms with Gasteiger partial charge in [-0.1, -0.05) is 6.07 Å². The number of nitrogens with zero attached hydrogens (tertiary/aromatic N) is 2. The van der Waals surface area contributed by atoms with E-state index in [9.17, 15) is 5.11 Å². The molecule has 0 spiro atoms. The molecule has 15 heavy (non-hydrogen) atoms. The molecule has 3 aromatic rings. The molecular formula is C10H8N2OS2. The molecule has 0 saturated carbocycles. The van der Waals surface area contributed by atoms with E-state index in [1.165, 1.54) is 4.88 Å². The molecule has 0 aliphatic carbocycles. The van der Waals surface area contributed by atoms with Crippen LogP contribution >= 0.6 is 22.7 Å². The maximum Gasteiger partial charge on any atom is 0.194 e. The first kappa shape index (κ1) is 9.08. The Balaban J connectivity index is 2.31. The summed E-state index contributed by atoms with van der Waals surface area (Å²) in [6.45, 7) is 0.0241. The van der Waals surface area contributed by atoms with Crippen molar-refractivity contribution in [3.63, 3.8) is 0 Å². The molecule has 0 aromatic carbocycles. The van der Waals surface area contributed by atoms with Crippen molar-refractivity contribution in [2.45, 2.75) is 6.61 Å². The summed E-state index contributed by atoms with van der Waals surface area (Å²) in [7, 11) is 0. The van der Waals surface area contributed by atoms with Gasteiger partial charge in [0.2, 0.25) is 0 Å². The lowest BCUT2D eigenvalue weighted by Gasteiger charge is -1.98. The molecule has 3 heterocycles. The van der Waals surface area contributed by atoms with Gasteiger partial charge in [0.25, 0.3) is 0 Å². The third-order valence-corrected chi connectivity index (χ3v) is 3.99. The molecule has 0 fully saturated rings. The second kappa shape index (κ2) is 3.44. The van der Waals surface area contributed by atoms with E-state index in [1.807, 2.05) is 15.8 Å². The molecule has 0 radical (unpaired) electrons. The molecule has 0 amide bonds. The molecule has 0 saturated heterocycles. The fraction of sp³-hybridized carbons (Fsp3) is 0.100. The van der Waals surface area contributed by atoms with E-state index in [4.69, 9.17) is 0 Å². The van der Waals surface area contributed by atoms with E-state index >= 15 is 0 Å². The van der Waals surface area contributed by atoms with Gasteiger partial charge in [-0.05, 0) is 11.4 Å². The van der Waals surface area contributed by atoms with Gasteiger partial charge >= 0.3 is 0 Å². The summed E-state index contributed by atoms with van der Waals surface area (Å²) in [6, 6.07) is 4.10. The molecule has 3 nitrogen and oxygen atoms in total. The van der Waals surface area contributed by atoms with Crippen molar-refractivity contribution in [3.8, 4) is 10.6 Å². The Bertz CT molecular complexity index is 580. The van der Waals surface area contributed by atoms with Crippen LogP contribution in [0.15, 0.2) is 29.1 Å². The minimum Gasteiger partial charge on any atom is -0.390 e. The van der Waals surface area contributed by atoms with Gasteiger partial charge in [-0.2, -0.15) is 0 Å². The summed E-state index contributed by atoms with van der Waals surface area (Å²) >= 11 is 3.29. The van der Waals surface area contributed by atoms with Crippen molar-refractivity contribution < 1.29 is 5.11 Å². The maximum absolute atomic E-state index is 9.21. The number of aromatic nitrogens is 2. The monoisotopic (exact) mass is 236 g/mol. The number of hydrogen-bond donors (Lipinski definition) is 1. The zero-order valence-corrected chi connectivity index (χ0v) is 9.38. The van der Waals surface area contributed by atoms with E-state index in [0.717, 1.165) is 16.3 Å². The van der Waals surface area contributed by atoms with E-state index in [-0.39, 0.29) is 6.61 Å². The smallest absolute Gasteiger partial charge is 0.194 e. The number of aliphatic hydroxyl groups excluding tert-OH is 1. The second-order valence-electron chi connectivity index (χ2n) is 3.12. The van der Waals surface area contributed by atoms with Crippen LogP contribution in [0.5, 0.6) is 0 Å². The predicted molar refractivity (Wildman–Crippen MR) is 62.3 cm³/mol. The van der Waals surface area contributed by atoms with Crippen LogP contribution in [0.3, 0.4) is 0 Å². The Kier molecular flexibility index (Phi) is 2.09. The highest BCUT2D eigenvalue weighted by Crippen LogP contribution is 2.30. The Labute approximate surface area is 94.3 Å². The summed E-state index contributed by atoms with van der Waals surface area (Å²) in [5.41, 5.74) is 1.96. The Morgan fingerprint density at radius 1 is 1.40 bits per heavy atom. The van der Waals surface area contributed by atoms with E-state index in [2.05, 4.69) is 16.4 Å². The van der Waals surface area contributed by atoms with Crippen LogP contribution in [0.25, 0.3) is 15.5 Å². The third-order valence-electron chi connectivity index (χ3n) is 2.26. The van der Waals surface area contributed by atoms with Crippen LogP contribution in [0, 0.1) is 0 Å². The van der Waals surface area contributed by atoms with Gasteiger partial charge < -0.3 is 5.11 Å². The lowest BCUT2D eigenvalue weighted by Crippen LogP contribution is -1.91. The maximum atomic E-state index is 9.21. The molecule has 0 bridgehead atoms. The molecule has 5 heteroatoms. The zero-order valence-electron chi connectivity index (χ0n) is 7.75. The Hall–Kier alpha value is -1.17. The van der Waals surface area contributed by atoms with Crippen LogP contribution in [0.1, 0.15) is 5.69 Å². The fourth-order valence-electron chi connectivity index (χ4n) is 1.57. The number of hydrogen-bond acceptors (Lipinski definition) is 4. The average molecular weight is 236 g/mol. The molecule has 3 rings (SSSR count). The summed E-state index contributed by atoms with van der Waals surface area (Å²) in [4.78, 5) is 6.38. The topological polar surface area (TPSA) is 37.5 Å². The standard InChI is InChI=1S/C10H8N2OS2/c13-5-7-4-11-10-12(7)8(6-15-10)9-2-1-3-14-9/h1-4,6,13H,5H2. The Morgan fingerprint density at radius 3 is 3.07 bits per heavy atom. The molecule has 0 atom stereocenters. The van der Waals surface area contributed by atoms with E-state index in [1.54, 1.807) is 28.9 Å². The van der Waals surface area contributed by atoms with Crippen LogP contribution in [0.2, 0.25) is 0 Å². The van der Waals surface area contributed by atoms with Gasteiger partial charge in [-0.15, -0.1) is 22.7 Å². The first-order valence-electron chi connectivity index (χ1n) is 4.48. The van der Waals surface area contributed by atoms with Crippen molar-refractivity contribution in [1.82, 2.24) is 9.38 Å². The highest BCUT2D eigenvalue weighted by Gasteiger charge is 2.11. The summed E-state index contributed by atoms with van der Waals surface area (Å²) in [6.07, 6.45) is 1.73. The van der Waals surface area contributed by atoms with Crippen molar-refractivity contribution in [1.29, 1.82) is 0 Å². The number of fused-ring (bicyclic) bond motifs is 1. The van der Waals surface area contributed by atoms with Crippen LogP contribution < -0.4 is 0 Å². The number of thiazole rings is 1. The zero-order chi connectivity index (χ0) is 10.3. The van der Waals surface area contributed by atoms with Crippen LogP contribution in [-0.4, -0.2) is 14.5 Å². The van der Waals surface area contributed by atoms with Crippen LogP contribution in [-0.2, 0) is 6.61 Å². The second-order valence-corrected chi connectivity index (χ2v) is 4.91. The summed E-state index contributed by atoms with van der Waals surface area (Å²) < 4.78 is 2.01. The van der Waals surface area contributed by atoms with Crippen LogP contribution in [0.4, 0.5) is 0 Å². The lowest BCUT2D eigenvalue weighted by atomic mass is 10.3. The third kappa shape index (κ3) is 1.31. The van der Waals surface area contributed by atoms with Crippen molar-refractivity contribution in [2.75, 3.05) is 0 Å². The average Bonchev–Trinajstić information content (AvgIpc) is 2.94. The highest BCUT2D eigenvalue weighted by molar-refractivity contribution is 7.16. The SMILES string of the molecule is OCc1cnc2scc(-c3cccs3)n12. The number of imidazole rings is 1. The largest absolute Gasteiger partial charge is 0.390 e. The lowest BCUT2D eigenvalue weighted by molar-refractivity contribution is 0.276. The molecule has 1 N–H and O–H groups in total. The van der Waals surface area contributed by atoms with Gasteiger partial charge in [0.15, 0.2) is 4.96 Å². The van der Waals surface area contributed by atoms with Crippen molar-refractivity contribution in [3.05, 3.63) is 34.8 Å². The van der Waals surface area contributed by atoms with E-state index < -0.39 is 0 Å². The van der Waals surface area contributed by atoms with Crippen molar-refractivity contribution in [2.24, 2.45) is 0 Å². The number of rotatable bonds is 2. The molecule has 0 aliphatic rings. The first-order chi connectivity index (χ1) is 7.40. The minimum absolute atomic E-state index is 0.0241. The highest BCUT2D eigenvalue weighted by atomic mass is 32.1.